The quantitative estimate of drug-likeness (QED) is 0.808. The van der Waals surface area contributed by atoms with Crippen LogP contribution in [0.3, 0.4) is 0 Å². The molecule has 1 atom stereocenters. The monoisotopic (exact) mass is 307 g/mol. The normalized spacial score (nSPS) is 12.1. The minimum Gasteiger partial charge on any atom is -0.345 e. The summed E-state index contributed by atoms with van der Waals surface area (Å²) in [7, 11) is 1.62. The summed E-state index contributed by atoms with van der Waals surface area (Å²) in [6.45, 7) is 1.89. The number of fused-ring (bicyclic) bond motifs is 1. The second-order valence-corrected chi connectivity index (χ2v) is 5.44. The van der Waals surface area contributed by atoms with Crippen LogP contribution in [-0.2, 0) is 7.05 Å². The van der Waals surface area contributed by atoms with Gasteiger partial charge in [-0.05, 0) is 30.7 Å². The Morgan fingerprint density at radius 2 is 1.91 bits per heavy atom. The van der Waals surface area contributed by atoms with Crippen molar-refractivity contribution >= 4 is 16.9 Å². The van der Waals surface area contributed by atoms with E-state index in [2.05, 4.69) is 10.3 Å². The van der Waals surface area contributed by atoms with E-state index in [0.29, 0.717) is 5.65 Å². The fraction of sp³-hybridized carbons (Fsp3) is 0.167. The molecule has 0 radical (unpaired) electrons. The zero-order chi connectivity index (χ0) is 16.4. The molecule has 1 amide bonds. The third-order valence-corrected chi connectivity index (χ3v) is 3.86. The van der Waals surface area contributed by atoms with Gasteiger partial charge >= 0.3 is 0 Å². The maximum atomic E-state index is 12.5. The van der Waals surface area contributed by atoms with E-state index in [1.807, 2.05) is 43.3 Å². The lowest BCUT2D eigenvalue weighted by Gasteiger charge is -2.15. The van der Waals surface area contributed by atoms with Crippen LogP contribution in [0.5, 0.6) is 0 Å². The summed E-state index contributed by atoms with van der Waals surface area (Å²) in [6, 6.07) is 14.7. The van der Waals surface area contributed by atoms with Crippen LogP contribution in [0.1, 0.15) is 28.9 Å². The Morgan fingerprint density at radius 1 is 1.17 bits per heavy atom. The molecular formula is C18H17N3O2. The van der Waals surface area contributed by atoms with Gasteiger partial charge in [0.1, 0.15) is 11.2 Å². The highest BCUT2D eigenvalue weighted by Crippen LogP contribution is 2.13. The molecule has 0 bridgehead atoms. The van der Waals surface area contributed by atoms with Crippen molar-refractivity contribution in [3.63, 3.8) is 0 Å². The molecule has 0 aliphatic heterocycles. The first-order valence-electron chi connectivity index (χ1n) is 7.38. The summed E-state index contributed by atoms with van der Waals surface area (Å²) in [5.74, 6) is -0.382. The standard InChI is InChI=1S/C18H17N3O2/c1-12(13-7-4-3-5-8-13)20-17(22)15-11-14-9-6-10-19-16(14)21(2)18(15)23/h3-12H,1-2H3,(H,20,22)/t12-/m1/s1. The molecule has 1 N–H and O–H groups in total. The predicted molar refractivity (Wildman–Crippen MR) is 89.3 cm³/mol. The summed E-state index contributed by atoms with van der Waals surface area (Å²) < 4.78 is 1.40. The lowest BCUT2D eigenvalue weighted by molar-refractivity contribution is 0.0938. The topological polar surface area (TPSA) is 64.0 Å². The highest BCUT2D eigenvalue weighted by atomic mass is 16.2. The zero-order valence-corrected chi connectivity index (χ0v) is 13.0. The summed E-state index contributed by atoms with van der Waals surface area (Å²) in [4.78, 5) is 29.1. The second-order valence-electron chi connectivity index (χ2n) is 5.44. The fourth-order valence-electron chi connectivity index (χ4n) is 2.56. The first kappa shape index (κ1) is 15.0. The van der Waals surface area contributed by atoms with Crippen LogP contribution >= 0.6 is 0 Å². The lowest BCUT2D eigenvalue weighted by Crippen LogP contribution is -2.33. The van der Waals surface area contributed by atoms with E-state index in [4.69, 9.17) is 0 Å². The molecular weight excluding hydrogens is 290 g/mol. The number of carbonyl (C=O) groups is 1. The van der Waals surface area contributed by atoms with Gasteiger partial charge in [0.25, 0.3) is 11.5 Å². The highest BCUT2D eigenvalue weighted by molar-refractivity contribution is 5.97. The Bertz CT molecular complexity index is 916. The van der Waals surface area contributed by atoms with Gasteiger partial charge in [-0.2, -0.15) is 0 Å². The number of hydrogen-bond acceptors (Lipinski definition) is 3. The van der Waals surface area contributed by atoms with E-state index in [0.717, 1.165) is 10.9 Å². The number of aromatic nitrogens is 2. The molecule has 2 aromatic heterocycles. The van der Waals surface area contributed by atoms with Crippen molar-refractivity contribution < 1.29 is 4.79 Å². The zero-order valence-electron chi connectivity index (χ0n) is 13.0. The Labute approximate surface area is 133 Å². The van der Waals surface area contributed by atoms with Gasteiger partial charge in [0, 0.05) is 18.6 Å². The molecule has 0 unspecified atom stereocenters. The third kappa shape index (κ3) is 2.85. The molecule has 116 valence electrons. The van der Waals surface area contributed by atoms with Crippen LogP contribution in [0.4, 0.5) is 0 Å². The first-order chi connectivity index (χ1) is 11.1. The van der Waals surface area contributed by atoms with Crippen molar-refractivity contribution in [1.82, 2.24) is 14.9 Å². The number of pyridine rings is 2. The van der Waals surface area contributed by atoms with E-state index in [-0.39, 0.29) is 23.1 Å². The lowest BCUT2D eigenvalue weighted by atomic mass is 10.1. The largest absolute Gasteiger partial charge is 0.345 e. The van der Waals surface area contributed by atoms with Crippen LogP contribution < -0.4 is 10.9 Å². The summed E-state index contributed by atoms with van der Waals surface area (Å²) in [6.07, 6.45) is 1.62. The fourth-order valence-corrected chi connectivity index (χ4v) is 2.56. The van der Waals surface area contributed by atoms with Crippen molar-refractivity contribution in [2.45, 2.75) is 13.0 Å². The van der Waals surface area contributed by atoms with Gasteiger partial charge < -0.3 is 5.32 Å². The van der Waals surface area contributed by atoms with Crippen molar-refractivity contribution in [2.75, 3.05) is 0 Å². The molecule has 0 aliphatic carbocycles. The molecule has 3 aromatic rings. The van der Waals surface area contributed by atoms with Crippen LogP contribution in [0.2, 0.25) is 0 Å². The van der Waals surface area contributed by atoms with Gasteiger partial charge in [-0.15, -0.1) is 0 Å². The van der Waals surface area contributed by atoms with Crippen LogP contribution in [0.15, 0.2) is 59.5 Å². The summed E-state index contributed by atoms with van der Waals surface area (Å²) >= 11 is 0. The number of benzene rings is 1. The first-order valence-corrected chi connectivity index (χ1v) is 7.38. The number of carbonyl (C=O) groups excluding carboxylic acids is 1. The molecule has 0 fully saturated rings. The maximum absolute atomic E-state index is 12.5. The number of hydrogen-bond donors (Lipinski definition) is 1. The van der Waals surface area contributed by atoms with Crippen molar-refractivity contribution in [2.24, 2.45) is 7.05 Å². The average molecular weight is 307 g/mol. The van der Waals surface area contributed by atoms with Gasteiger partial charge in [0.2, 0.25) is 0 Å². The Balaban J connectivity index is 1.95. The van der Waals surface area contributed by atoms with Crippen LogP contribution in [0.25, 0.3) is 11.0 Å². The number of nitrogens with zero attached hydrogens (tertiary/aromatic N) is 2. The summed E-state index contributed by atoms with van der Waals surface area (Å²) in [5.41, 5.74) is 1.31. The molecule has 0 saturated heterocycles. The number of amides is 1. The predicted octanol–water partition coefficient (Wildman–Crippen LogP) is 2.42. The summed E-state index contributed by atoms with van der Waals surface area (Å²) in [5, 5.41) is 3.63. The van der Waals surface area contributed by atoms with Crippen LogP contribution in [0, 0.1) is 0 Å². The number of nitrogens with one attached hydrogen (secondary N) is 1. The van der Waals surface area contributed by atoms with E-state index in [1.54, 1.807) is 25.4 Å². The highest BCUT2D eigenvalue weighted by Gasteiger charge is 2.17. The number of aryl methyl sites for hydroxylation is 1. The van der Waals surface area contributed by atoms with Gasteiger partial charge in [-0.1, -0.05) is 30.3 Å². The third-order valence-electron chi connectivity index (χ3n) is 3.86. The van der Waals surface area contributed by atoms with E-state index in [9.17, 15) is 9.59 Å². The second kappa shape index (κ2) is 6.04. The van der Waals surface area contributed by atoms with Gasteiger partial charge in [0.05, 0.1) is 6.04 Å². The van der Waals surface area contributed by atoms with Crippen LogP contribution in [-0.4, -0.2) is 15.5 Å². The maximum Gasteiger partial charge on any atom is 0.264 e. The Kier molecular flexibility index (Phi) is 3.93. The van der Waals surface area contributed by atoms with E-state index in [1.165, 1.54) is 4.57 Å². The van der Waals surface area contributed by atoms with Gasteiger partial charge in [0.15, 0.2) is 0 Å². The molecule has 1 aromatic carbocycles. The smallest absolute Gasteiger partial charge is 0.264 e. The Morgan fingerprint density at radius 3 is 2.65 bits per heavy atom. The molecule has 0 spiro atoms. The number of rotatable bonds is 3. The molecule has 5 nitrogen and oxygen atoms in total. The average Bonchev–Trinajstić information content (AvgIpc) is 2.58. The van der Waals surface area contributed by atoms with Crippen molar-refractivity contribution in [1.29, 1.82) is 0 Å². The van der Waals surface area contributed by atoms with Gasteiger partial charge in [-0.3, -0.25) is 14.2 Å². The molecule has 2 heterocycles. The molecule has 23 heavy (non-hydrogen) atoms. The van der Waals surface area contributed by atoms with E-state index >= 15 is 0 Å². The van der Waals surface area contributed by atoms with Crippen molar-refractivity contribution in [3.05, 3.63) is 76.2 Å². The molecule has 5 heteroatoms. The minimum absolute atomic E-state index is 0.121. The van der Waals surface area contributed by atoms with Crippen molar-refractivity contribution in [3.8, 4) is 0 Å². The van der Waals surface area contributed by atoms with E-state index < -0.39 is 0 Å². The van der Waals surface area contributed by atoms with Gasteiger partial charge in [-0.25, -0.2) is 4.98 Å². The minimum atomic E-state index is -0.382. The SMILES string of the molecule is C[C@@H](NC(=O)c1cc2cccnc2n(C)c1=O)c1ccccc1. The molecule has 0 aliphatic rings. The molecule has 3 rings (SSSR count). The molecule has 0 saturated carbocycles. The Hall–Kier alpha value is -2.95.